The first-order valence-corrected chi connectivity index (χ1v) is 6.90. The van der Waals surface area contributed by atoms with Crippen LogP contribution in [0.15, 0.2) is 0 Å². The van der Waals surface area contributed by atoms with Gasteiger partial charge >= 0.3 is 0 Å². The third-order valence-electron chi connectivity index (χ3n) is 3.47. The molecule has 1 fully saturated rings. The van der Waals surface area contributed by atoms with Crippen LogP contribution in [0.1, 0.15) is 40.0 Å². The molecule has 0 spiro atoms. The zero-order valence-electron chi connectivity index (χ0n) is 12.4. The van der Waals surface area contributed by atoms with Gasteiger partial charge in [-0.05, 0) is 18.8 Å². The van der Waals surface area contributed by atoms with E-state index in [9.17, 15) is 14.7 Å². The molecule has 2 N–H and O–H groups in total. The van der Waals surface area contributed by atoms with Crippen molar-refractivity contribution in [1.29, 1.82) is 0 Å². The third-order valence-corrected chi connectivity index (χ3v) is 3.47. The van der Waals surface area contributed by atoms with Gasteiger partial charge in [0.1, 0.15) is 0 Å². The fourth-order valence-corrected chi connectivity index (χ4v) is 2.08. The molecule has 1 rings (SSSR count). The molecular formula is C14H26N2O3. The molecule has 0 aliphatic heterocycles. The van der Waals surface area contributed by atoms with Crippen molar-refractivity contribution in [3.8, 4) is 0 Å². The Morgan fingerprint density at radius 3 is 2.37 bits per heavy atom. The Balaban J connectivity index is 2.18. The molecule has 1 saturated carbocycles. The van der Waals surface area contributed by atoms with Crippen LogP contribution in [0.25, 0.3) is 0 Å². The number of rotatable bonds is 5. The highest BCUT2D eigenvalue weighted by atomic mass is 16.3. The lowest BCUT2D eigenvalue weighted by atomic mass is 9.82. The molecule has 0 saturated heterocycles. The Hall–Kier alpha value is -1.10. The van der Waals surface area contributed by atoms with Crippen LogP contribution >= 0.6 is 0 Å². The molecule has 5 nitrogen and oxygen atoms in total. The van der Waals surface area contributed by atoms with Crippen LogP contribution < -0.4 is 5.32 Å². The van der Waals surface area contributed by atoms with Crippen molar-refractivity contribution in [1.82, 2.24) is 10.2 Å². The van der Waals surface area contributed by atoms with Crippen LogP contribution in [0.4, 0.5) is 0 Å². The summed E-state index contributed by atoms with van der Waals surface area (Å²) in [5, 5.41) is 12.0. The summed E-state index contributed by atoms with van der Waals surface area (Å²) in [4.78, 5) is 25.2. The lowest BCUT2D eigenvalue weighted by molar-refractivity contribution is -0.132. The van der Waals surface area contributed by atoms with Gasteiger partial charge in [0.2, 0.25) is 11.8 Å². The summed E-state index contributed by atoms with van der Waals surface area (Å²) in [7, 11) is 1.78. The van der Waals surface area contributed by atoms with Crippen LogP contribution in [-0.4, -0.2) is 48.1 Å². The zero-order chi connectivity index (χ0) is 14.6. The van der Waals surface area contributed by atoms with Gasteiger partial charge in [0.25, 0.3) is 0 Å². The van der Waals surface area contributed by atoms with Gasteiger partial charge in [-0.3, -0.25) is 9.59 Å². The van der Waals surface area contributed by atoms with E-state index in [-0.39, 0.29) is 17.9 Å². The van der Waals surface area contributed by atoms with Crippen molar-refractivity contribution in [3.63, 3.8) is 0 Å². The van der Waals surface area contributed by atoms with Crippen molar-refractivity contribution >= 4 is 11.8 Å². The van der Waals surface area contributed by atoms with E-state index in [0.29, 0.717) is 25.4 Å². The van der Waals surface area contributed by atoms with E-state index in [2.05, 4.69) is 5.32 Å². The number of hydrogen-bond donors (Lipinski definition) is 2. The number of hydrogen-bond acceptors (Lipinski definition) is 3. The fourth-order valence-electron chi connectivity index (χ4n) is 2.08. The second kappa shape index (κ2) is 6.37. The van der Waals surface area contributed by atoms with Gasteiger partial charge in [-0.15, -0.1) is 0 Å². The molecule has 0 atom stereocenters. The first-order valence-electron chi connectivity index (χ1n) is 6.90. The van der Waals surface area contributed by atoms with Gasteiger partial charge < -0.3 is 15.3 Å². The minimum absolute atomic E-state index is 0.0370. The molecule has 110 valence electrons. The lowest BCUT2D eigenvalue weighted by Gasteiger charge is -2.34. The number of amides is 2. The minimum atomic E-state index is -0.420. The smallest absolute Gasteiger partial charge is 0.225 e. The van der Waals surface area contributed by atoms with Gasteiger partial charge in [0, 0.05) is 32.0 Å². The summed E-state index contributed by atoms with van der Waals surface area (Å²) in [6.45, 7) is 6.62. The highest BCUT2D eigenvalue weighted by molar-refractivity contribution is 5.82. The summed E-state index contributed by atoms with van der Waals surface area (Å²) >= 11 is 0. The Morgan fingerprint density at radius 2 is 1.89 bits per heavy atom. The molecule has 2 amide bonds. The monoisotopic (exact) mass is 270 g/mol. The Bertz CT molecular complexity index is 330. The van der Waals surface area contributed by atoms with Gasteiger partial charge in [-0.25, -0.2) is 0 Å². The number of carbonyl (C=O) groups excluding carboxylic acids is 2. The number of aliphatic hydroxyl groups is 1. The molecule has 5 heteroatoms. The first-order chi connectivity index (χ1) is 8.70. The van der Waals surface area contributed by atoms with E-state index in [1.807, 2.05) is 20.8 Å². The van der Waals surface area contributed by atoms with Crippen molar-refractivity contribution in [3.05, 3.63) is 0 Å². The standard InChI is InChI=1S/C14H26N2O3/c1-14(2,3)13(19)15-6-5-12(18)16(4)9-10-7-11(17)8-10/h10-11,17H,5-9H2,1-4H3,(H,15,19). The molecule has 0 aromatic heterocycles. The molecule has 1 aliphatic rings. The fraction of sp³-hybridized carbons (Fsp3) is 0.857. The largest absolute Gasteiger partial charge is 0.393 e. The second-order valence-corrected chi connectivity index (χ2v) is 6.52. The zero-order valence-corrected chi connectivity index (χ0v) is 12.4. The van der Waals surface area contributed by atoms with E-state index in [1.54, 1.807) is 11.9 Å². The highest BCUT2D eigenvalue weighted by Gasteiger charge is 2.29. The molecular weight excluding hydrogens is 244 g/mol. The van der Waals surface area contributed by atoms with Gasteiger partial charge in [0.15, 0.2) is 0 Å². The Morgan fingerprint density at radius 1 is 1.32 bits per heavy atom. The van der Waals surface area contributed by atoms with Crippen molar-refractivity contribution in [2.75, 3.05) is 20.1 Å². The summed E-state index contributed by atoms with van der Waals surface area (Å²) in [5.74, 6) is 0.425. The van der Waals surface area contributed by atoms with Gasteiger partial charge in [-0.1, -0.05) is 20.8 Å². The summed E-state index contributed by atoms with van der Waals surface area (Å²) in [6, 6.07) is 0. The summed E-state index contributed by atoms with van der Waals surface area (Å²) in [5.41, 5.74) is -0.420. The van der Waals surface area contributed by atoms with E-state index in [4.69, 9.17) is 0 Å². The van der Waals surface area contributed by atoms with Crippen molar-refractivity contribution in [2.45, 2.75) is 46.1 Å². The first kappa shape index (κ1) is 16.0. The predicted molar refractivity (Wildman–Crippen MR) is 73.4 cm³/mol. The molecule has 19 heavy (non-hydrogen) atoms. The van der Waals surface area contributed by atoms with E-state index in [1.165, 1.54) is 0 Å². The Kier molecular flexibility index (Phi) is 5.35. The normalized spacial score (nSPS) is 22.6. The van der Waals surface area contributed by atoms with Gasteiger partial charge in [0.05, 0.1) is 6.10 Å². The maximum Gasteiger partial charge on any atom is 0.225 e. The molecule has 1 aliphatic carbocycles. The molecule has 0 radical (unpaired) electrons. The van der Waals surface area contributed by atoms with Crippen LogP contribution in [0.5, 0.6) is 0 Å². The SMILES string of the molecule is CN(CC1CC(O)C1)C(=O)CCNC(=O)C(C)(C)C. The average Bonchev–Trinajstić information content (AvgIpc) is 2.25. The minimum Gasteiger partial charge on any atom is -0.393 e. The second-order valence-electron chi connectivity index (χ2n) is 6.52. The van der Waals surface area contributed by atoms with Crippen LogP contribution in [0.2, 0.25) is 0 Å². The quantitative estimate of drug-likeness (QED) is 0.775. The maximum atomic E-state index is 11.8. The third kappa shape index (κ3) is 5.19. The maximum absolute atomic E-state index is 11.8. The molecule has 0 unspecified atom stereocenters. The number of nitrogens with one attached hydrogen (secondary N) is 1. The number of aliphatic hydroxyl groups excluding tert-OH is 1. The van der Waals surface area contributed by atoms with Crippen LogP contribution in [0.3, 0.4) is 0 Å². The topological polar surface area (TPSA) is 69.6 Å². The Labute approximate surface area is 115 Å². The summed E-state index contributed by atoms with van der Waals surface area (Å²) in [6.07, 6.45) is 1.73. The van der Waals surface area contributed by atoms with Gasteiger partial charge in [-0.2, -0.15) is 0 Å². The molecule has 0 bridgehead atoms. The lowest BCUT2D eigenvalue weighted by Crippen LogP contribution is -2.41. The van der Waals surface area contributed by atoms with E-state index < -0.39 is 5.41 Å². The molecule has 0 aromatic carbocycles. The highest BCUT2D eigenvalue weighted by Crippen LogP contribution is 2.27. The van der Waals surface area contributed by atoms with Crippen LogP contribution in [-0.2, 0) is 9.59 Å². The number of nitrogens with zero attached hydrogens (tertiary/aromatic N) is 1. The molecule has 0 aromatic rings. The van der Waals surface area contributed by atoms with E-state index >= 15 is 0 Å². The predicted octanol–water partition coefficient (Wildman–Crippen LogP) is 0.768. The van der Waals surface area contributed by atoms with E-state index in [0.717, 1.165) is 12.8 Å². The van der Waals surface area contributed by atoms with Crippen molar-refractivity contribution in [2.24, 2.45) is 11.3 Å². The summed E-state index contributed by atoms with van der Waals surface area (Å²) < 4.78 is 0. The van der Waals surface area contributed by atoms with Crippen molar-refractivity contribution < 1.29 is 14.7 Å². The van der Waals surface area contributed by atoms with Crippen LogP contribution in [0, 0.1) is 11.3 Å². The number of carbonyl (C=O) groups is 2. The average molecular weight is 270 g/mol. The molecule has 0 heterocycles.